The fraction of sp³-hybridized carbons (Fsp3) is 0.706. The van der Waals surface area contributed by atoms with Crippen LogP contribution in [-0.4, -0.2) is 73.3 Å². The number of anilines is 1. The number of halogens is 1. The zero-order valence-corrected chi connectivity index (χ0v) is 17.7. The molecule has 0 atom stereocenters. The topological polar surface area (TPSA) is 65.9 Å². The fourth-order valence-electron chi connectivity index (χ4n) is 2.56. The number of piperazine rings is 1. The van der Waals surface area contributed by atoms with Crippen molar-refractivity contribution in [3.63, 3.8) is 0 Å². The van der Waals surface area contributed by atoms with Gasteiger partial charge in [-0.25, -0.2) is 9.97 Å². The molecule has 0 amide bonds. The van der Waals surface area contributed by atoms with Crippen LogP contribution in [0.5, 0.6) is 0 Å². The fourth-order valence-corrected chi connectivity index (χ4v) is 2.56. The van der Waals surface area contributed by atoms with E-state index in [9.17, 15) is 0 Å². The largest absolute Gasteiger partial charge is 0.380 e. The Kier molecular flexibility index (Phi) is 11.5. The summed E-state index contributed by atoms with van der Waals surface area (Å²) in [7, 11) is 0. The van der Waals surface area contributed by atoms with Crippen molar-refractivity contribution >= 4 is 35.9 Å². The number of hydrogen-bond acceptors (Lipinski definition) is 5. The summed E-state index contributed by atoms with van der Waals surface area (Å²) in [5, 5.41) is 3.38. The summed E-state index contributed by atoms with van der Waals surface area (Å²) in [5.74, 6) is 1.79. The molecule has 0 radical (unpaired) electrons. The molecule has 0 aliphatic carbocycles. The minimum Gasteiger partial charge on any atom is -0.380 e. The predicted molar refractivity (Wildman–Crippen MR) is 113 cm³/mol. The Morgan fingerprint density at radius 3 is 2.52 bits per heavy atom. The van der Waals surface area contributed by atoms with Gasteiger partial charge in [-0.15, -0.1) is 24.0 Å². The van der Waals surface area contributed by atoms with Gasteiger partial charge in [-0.05, 0) is 19.4 Å². The van der Waals surface area contributed by atoms with Crippen molar-refractivity contribution < 1.29 is 4.74 Å². The lowest BCUT2D eigenvalue weighted by Crippen LogP contribution is -2.53. The van der Waals surface area contributed by atoms with Crippen molar-refractivity contribution in [1.82, 2.24) is 20.2 Å². The van der Waals surface area contributed by atoms with E-state index in [0.717, 1.165) is 57.7 Å². The molecule has 1 aromatic rings. The number of nitrogens with one attached hydrogen (secondary N) is 1. The molecule has 1 N–H and O–H groups in total. The maximum Gasteiger partial charge on any atom is 0.225 e. The molecule has 0 spiro atoms. The highest BCUT2D eigenvalue weighted by Crippen LogP contribution is 2.09. The lowest BCUT2D eigenvalue weighted by Gasteiger charge is -2.36. The van der Waals surface area contributed by atoms with Gasteiger partial charge < -0.3 is 19.9 Å². The van der Waals surface area contributed by atoms with E-state index in [1.807, 2.05) is 6.07 Å². The molecule has 1 aromatic heterocycles. The average molecular weight is 462 g/mol. The highest BCUT2D eigenvalue weighted by Gasteiger charge is 2.20. The lowest BCUT2D eigenvalue weighted by atomic mass is 10.3. The molecule has 8 heteroatoms. The number of rotatable bonds is 8. The number of aromatic nitrogens is 2. The molecule has 1 aliphatic heterocycles. The van der Waals surface area contributed by atoms with Crippen LogP contribution in [0.2, 0.25) is 0 Å². The zero-order valence-electron chi connectivity index (χ0n) is 15.4. The van der Waals surface area contributed by atoms with Gasteiger partial charge in [-0.3, -0.25) is 4.99 Å². The molecule has 1 saturated heterocycles. The van der Waals surface area contributed by atoms with Gasteiger partial charge in [0, 0.05) is 51.7 Å². The minimum atomic E-state index is 0. The molecule has 1 aliphatic rings. The number of aliphatic imine (C=N–C) groups is 1. The molecule has 0 unspecified atom stereocenters. The first-order valence-corrected chi connectivity index (χ1v) is 8.98. The Bertz CT molecular complexity index is 479. The number of unbranched alkanes of at least 4 members (excludes halogenated alkanes) is 1. The van der Waals surface area contributed by atoms with Crippen LogP contribution in [0.15, 0.2) is 23.5 Å². The number of nitrogens with zero attached hydrogens (tertiary/aromatic N) is 5. The zero-order chi connectivity index (χ0) is 17.0. The first kappa shape index (κ1) is 21.9. The smallest absolute Gasteiger partial charge is 0.225 e. The molecule has 142 valence electrons. The van der Waals surface area contributed by atoms with E-state index in [4.69, 9.17) is 4.74 Å². The third kappa shape index (κ3) is 7.72. The van der Waals surface area contributed by atoms with Crippen molar-refractivity contribution in [2.75, 3.05) is 57.4 Å². The summed E-state index contributed by atoms with van der Waals surface area (Å²) in [6.45, 7) is 11.0. The van der Waals surface area contributed by atoms with E-state index in [0.29, 0.717) is 13.2 Å². The predicted octanol–water partition coefficient (Wildman–Crippen LogP) is 2.00. The second-order valence-corrected chi connectivity index (χ2v) is 5.72. The first-order valence-electron chi connectivity index (χ1n) is 8.98. The van der Waals surface area contributed by atoms with E-state index in [2.05, 4.69) is 43.9 Å². The van der Waals surface area contributed by atoms with E-state index >= 15 is 0 Å². The van der Waals surface area contributed by atoms with Gasteiger partial charge in [-0.1, -0.05) is 13.3 Å². The minimum absolute atomic E-state index is 0. The first-order chi connectivity index (χ1) is 11.8. The summed E-state index contributed by atoms with van der Waals surface area (Å²) in [4.78, 5) is 17.9. The average Bonchev–Trinajstić information content (AvgIpc) is 2.64. The normalized spacial score (nSPS) is 15.0. The number of ether oxygens (including phenoxy) is 1. The van der Waals surface area contributed by atoms with Crippen LogP contribution in [0.25, 0.3) is 0 Å². The van der Waals surface area contributed by atoms with Crippen LogP contribution in [0.3, 0.4) is 0 Å². The van der Waals surface area contributed by atoms with Gasteiger partial charge in [0.1, 0.15) is 0 Å². The Morgan fingerprint density at radius 2 is 1.88 bits per heavy atom. The molecule has 2 rings (SSSR count). The van der Waals surface area contributed by atoms with Crippen molar-refractivity contribution in [3.8, 4) is 0 Å². The molecule has 0 saturated carbocycles. The standard InChI is InChI=1S/C17H30N6O.HI/c1-3-5-14-24-15-9-21-16(18-4-2)22-10-12-23(13-11-22)17-19-7-6-8-20-17;/h6-8H,3-5,9-15H2,1-2H3,(H,18,21);1H. The third-order valence-electron chi connectivity index (χ3n) is 3.89. The summed E-state index contributed by atoms with van der Waals surface area (Å²) in [5.41, 5.74) is 0. The monoisotopic (exact) mass is 462 g/mol. The highest BCUT2D eigenvalue weighted by molar-refractivity contribution is 14.0. The van der Waals surface area contributed by atoms with Gasteiger partial charge in [0.25, 0.3) is 0 Å². The maximum absolute atomic E-state index is 5.59. The summed E-state index contributed by atoms with van der Waals surface area (Å²) < 4.78 is 5.59. The van der Waals surface area contributed by atoms with E-state index in [1.165, 1.54) is 6.42 Å². The Labute approximate surface area is 168 Å². The van der Waals surface area contributed by atoms with Crippen molar-refractivity contribution in [2.24, 2.45) is 4.99 Å². The van der Waals surface area contributed by atoms with E-state index < -0.39 is 0 Å². The SMILES string of the molecule is CCCCOCCN=C(NCC)N1CCN(c2ncccn2)CC1.I. The van der Waals surface area contributed by atoms with Crippen LogP contribution >= 0.6 is 24.0 Å². The van der Waals surface area contributed by atoms with Crippen LogP contribution < -0.4 is 10.2 Å². The quantitative estimate of drug-likeness (QED) is 0.276. The van der Waals surface area contributed by atoms with Crippen molar-refractivity contribution in [3.05, 3.63) is 18.5 Å². The van der Waals surface area contributed by atoms with Crippen LogP contribution in [-0.2, 0) is 4.74 Å². The van der Waals surface area contributed by atoms with Crippen LogP contribution in [0.4, 0.5) is 5.95 Å². The molecule has 0 aromatic carbocycles. The van der Waals surface area contributed by atoms with E-state index in [-0.39, 0.29) is 24.0 Å². The lowest BCUT2D eigenvalue weighted by molar-refractivity contribution is 0.138. The molecule has 25 heavy (non-hydrogen) atoms. The Balaban J connectivity index is 0.00000312. The Morgan fingerprint density at radius 1 is 1.16 bits per heavy atom. The molecule has 2 heterocycles. The highest BCUT2D eigenvalue weighted by atomic mass is 127. The summed E-state index contributed by atoms with van der Waals surface area (Å²) in [6, 6.07) is 1.85. The van der Waals surface area contributed by atoms with Crippen LogP contribution in [0, 0.1) is 0 Å². The second-order valence-electron chi connectivity index (χ2n) is 5.72. The van der Waals surface area contributed by atoms with Gasteiger partial charge in [-0.2, -0.15) is 0 Å². The van der Waals surface area contributed by atoms with Gasteiger partial charge in [0.15, 0.2) is 5.96 Å². The number of hydrogen-bond donors (Lipinski definition) is 1. The summed E-state index contributed by atoms with van der Waals surface area (Å²) in [6.07, 6.45) is 5.87. The van der Waals surface area contributed by atoms with Gasteiger partial charge >= 0.3 is 0 Å². The molecule has 0 bridgehead atoms. The van der Waals surface area contributed by atoms with Gasteiger partial charge in [0.05, 0.1) is 13.2 Å². The summed E-state index contributed by atoms with van der Waals surface area (Å²) >= 11 is 0. The molecular weight excluding hydrogens is 431 g/mol. The molecule has 1 fully saturated rings. The maximum atomic E-state index is 5.59. The third-order valence-corrected chi connectivity index (χ3v) is 3.89. The second kappa shape index (κ2) is 13.1. The van der Waals surface area contributed by atoms with Crippen molar-refractivity contribution in [1.29, 1.82) is 0 Å². The van der Waals surface area contributed by atoms with E-state index in [1.54, 1.807) is 12.4 Å². The Hall–Kier alpha value is -1.16. The number of guanidine groups is 1. The molecular formula is C17H31IN6O. The molecule has 7 nitrogen and oxygen atoms in total. The van der Waals surface area contributed by atoms with Crippen molar-refractivity contribution in [2.45, 2.75) is 26.7 Å². The van der Waals surface area contributed by atoms with Gasteiger partial charge in [0.2, 0.25) is 5.95 Å². The van der Waals surface area contributed by atoms with Crippen LogP contribution in [0.1, 0.15) is 26.7 Å².